The van der Waals surface area contributed by atoms with Crippen LogP contribution in [0.5, 0.6) is 0 Å². The van der Waals surface area contributed by atoms with Crippen molar-refractivity contribution >= 4 is 34.8 Å². The first kappa shape index (κ1) is 17.6. The van der Waals surface area contributed by atoms with Gasteiger partial charge in [-0.15, -0.1) is 0 Å². The molecule has 0 aromatic heterocycles. The quantitative estimate of drug-likeness (QED) is 0.778. The Bertz CT molecular complexity index is 662. The van der Waals surface area contributed by atoms with Gasteiger partial charge in [0, 0.05) is 24.5 Å². The zero-order valence-corrected chi connectivity index (χ0v) is 13.9. The summed E-state index contributed by atoms with van der Waals surface area (Å²) in [7, 11) is 0. The zero-order valence-electron chi connectivity index (χ0n) is 12.4. The Morgan fingerprint density at radius 2 is 1.78 bits per heavy atom. The summed E-state index contributed by atoms with van der Waals surface area (Å²) >= 11 is 11.9. The molecule has 0 radical (unpaired) electrons. The summed E-state index contributed by atoms with van der Waals surface area (Å²) in [6, 6.07) is 11.4. The van der Waals surface area contributed by atoms with Gasteiger partial charge in [0.1, 0.15) is 5.82 Å². The molecule has 2 aromatic carbocycles. The zero-order chi connectivity index (χ0) is 16.7. The van der Waals surface area contributed by atoms with E-state index in [4.69, 9.17) is 23.2 Å². The van der Waals surface area contributed by atoms with Gasteiger partial charge in [-0.05, 0) is 42.3 Å². The van der Waals surface area contributed by atoms with Crippen LogP contribution in [0, 0.1) is 5.82 Å². The van der Waals surface area contributed by atoms with E-state index in [-0.39, 0.29) is 11.7 Å². The lowest BCUT2D eigenvalue weighted by molar-refractivity contribution is -0.120. The molecule has 2 rings (SSSR count). The van der Waals surface area contributed by atoms with E-state index in [0.29, 0.717) is 36.0 Å². The van der Waals surface area contributed by atoms with Gasteiger partial charge in [0.2, 0.25) is 5.91 Å². The molecule has 0 atom stereocenters. The van der Waals surface area contributed by atoms with Crippen molar-refractivity contribution in [3.63, 3.8) is 0 Å². The van der Waals surface area contributed by atoms with E-state index < -0.39 is 0 Å². The smallest absolute Gasteiger partial charge is 0.221 e. The average Bonchev–Trinajstić information content (AvgIpc) is 2.51. The number of carbonyl (C=O) groups excluding carboxylic acids is 1. The highest BCUT2D eigenvalue weighted by molar-refractivity contribution is 6.36. The fourth-order valence-electron chi connectivity index (χ4n) is 2.03. The van der Waals surface area contributed by atoms with Gasteiger partial charge in [0.15, 0.2) is 0 Å². The van der Waals surface area contributed by atoms with Crippen molar-refractivity contribution in [2.24, 2.45) is 0 Å². The topological polar surface area (TPSA) is 41.1 Å². The molecule has 0 unspecified atom stereocenters. The van der Waals surface area contributed by atoms with E-state index in [1.807, 2.05) is 0 Å². The first-order valence-corrected chi connectivity index (χ1v) is 8.00. The summed E-state index contributed by atoms with van der Waals surface area (Å²) in [5.74, 6) is -0.311. The van der Waals surface area contributed by atoms with Crippen LogP contribution in [0.2, 0.25) is 10.0 Å². The van der Waals surface area contributed by atoms with Gasteiger partial charge in [-0.25, -0.2) is 4.39 Å². The number of rotatable bonds is 7. The van der Waals surface area contributed by atoms with Crippen LogP contribution in [-0.4, -0.2) is 19.0 Å². The molecule has 0 aliphatic heterocycles. The van der Waals surface area contributed by atoms with Gasteiger partial charge in [-0.1, -0.05) is 35.3 Å². The average molecular weight is 355 g/mol. The maximum atomic E-state index is 12.8. The van der Waals surface area contributed by atoms with Crippen LogP contribution in [-0.2, 0) is 11.2 Å². The Hall–Kier alpha value is -1.78. The lowest BCUT2D eigenvalue weighted by Crippen LogP contribution is -2.27. The number of hydrogen-bond donors (Lipinski definition) is 2. The molecule has 0 aliphatic rings. The summed E-state index contributed by atoms with van der Waals surface area (Å²) in [6.45, 7) is 0.996. The summed E-state index contributed by atoms with van der Waals surface area (Å²) in [5.41, 5.74) is 1.73. The largest absolute Gasteiger partial charge is 0.383 e. The molecule has 122 valence electrons. The van der Waals surface area contributed by atoms with E-state index in [1.54, 1.807) is 30.3 Å². The van der Waals surface area contributed by atoms with Crippen LogP contribution in [0.25, 0.3) is 0 Å². The molecule has 0 bridgehead atoms. The molecular weight excluding hydrogens is 338 g/mol. The molecule has 0 heterocycles. The molecule has 0 aliphatic carbocycles. The highest BCUT2D eigenvalue weighted by Gasteiger charge is 2.04. The highest BCUT2D eigenvalue weighted by atomic mass is 35.5. The van der Waals surface area contributed by atoms with Gasteiger partial charge >= 0.3 is 0 Å². The minimum atomic E-state index is -0.260. The van der Waals surface area contributed by atoms with E-state index >= 15 is 0 Å². The number of benzene rings is 2. The number of hydrogen-bond acceptors (Lipinski definition) is 2. The van der Waals surface area contributed by atoms with Crippen molar-refractivity contribution in [1.29, 1.82) is 0 Å². The van der Waals surface area contributed by atoms with Gasteiger partial charge in [0.25, 0.3) is 0 Å². The third kappa shape index (κ3) is 6.08. The summed E-state index contributed by atoms with van der Waals surface area (Å²) in [5, 5.41) is 7.01. The lowest BCUT2D eigenvalue weighted by Gasteiger charge is -2.09. The number of nitrogens with one attached hydrogen (secondary N) is 2. The molecular formula is C17H17Cl2FN2O. The van der Waals surface area contributed by atoms with Gasteiger partial charge in [-0.2, -0.15) is 0 Å². The number of carbonyl (C=O) groups is 1. The van der Waals surface area contributed by atoms with Crippen LogP contribution < -0.4 is 10.6 Å². The minimum Gasteiger partial charge on any atom is -0.383 e. The van der Waals surface area contributed by atoms with Crippen molar-refractivity contribution in [2.45, 2.75) is 12.8 Å². The molecule has 0 saturated carbocycles. The molecule has 3 nitrogen and oxygen atoms in total. The Morgan fingerprint density at radius 1 is 1.04 bits per heavy atom. The van der Waals surface area contributed by atoms with Gasteiger partial charge in [-0.3, -0.25) is 4.79 Å². The maximum Gasteiger partial charge on any atom is 0.221 e. The van der Waals surface area contributed by atoms with E-state index in [2.05, 4.69) is 10.6 Å². The van der Waals surface area contributed by atoms with Gasteiger partial charge < -0.3 is 10.6 Å². The molecule has 0 spiro atoms. The highest BCUT2D eigenvalue weighted by Crippen LogP contribution is 2.25. The molecule has 0 saturated heterocycles. The van der Waals surface area contributed by atoms with E-state index in [0.717, 1.165) is 11.3 Å². The number of halogens is 3. The fraction of sp³-hybridized carbons (Fsp3) is 0.235. The molecule has 6 heteroatoms. The van der Waals surface area contributed by atoms with E-state index in [9.17, 15) is 9.18 Å². The standard InChI is InChI=1S/C17H17Cl2FN2O/c18-13-3-6-16(15(19)11-13)21-10-8-17(23)22-9-7-12-1-4-14(20)5-2-12/h1-6,11,21H,7-10H2,(H,22,23). The van der Waals surface area contributed by atoms with Crippen molar-refractivity contribution in [3.05, 3.63) is 63.9 Å². The Kier molecular flexibility index (Phi) is 6.68. The second kappa shape index (κ2) is 8.75. The summed E-state index contributed by atoms with van der Waals surface area (Å²) < 4.78 is 12.8. The fourth-order valence-corrected chi connectivity index (χ4v) is 2.50. The molecule has 2 N–H and O–H groups in total. The number of anilines is 1. The van der Waals surface area contributed by atoms with Crippen LogP contribution >= 0.6 is 23.2 Å². The summed E-state index contributed by atoms with van der Waals surface area (Å²) in [4.78, 5) is 11.8. The van der Waals surface area contributed by atoms with Crippen molar-refractivity contribution < 1.29 is 9.18 Å². The second-order valence-electron chi connectivity index (χ2n) is 5.03. The predicted molar refractivity (Wildman–Crippen MR) is 92.7 cm³/mol. The monoisotopic (exact) mass is 354 g/mol. The normalized spacial score (nSPS) is 10.4. The second-order valence-corrected chi connectivity index (χ2v) is 5.87. The Labute approximate surface area is 144 Å². The molecule has 1 amide bonds. The third-order valence-electron chi connectivity index (χ3n) is 3.25. The van der Waals surface area contributed by atoms with E-state index in [1.165, 1.54) is 12.1 Å². The van der Waals surface area contributed by atoms with Crippen molar-refractivity contribution in [3.8, 4) is 0 Å². The predicted octanol–water partition coefficient (Wildman–Crippen LogP) is 4.29. The molecule has 23 heavy (non-hydrogen) atoms. The van der Waals surface area contributed by atoms with Crippen LogP contribution in [0.15, 0.2) is 42.5 Å². The van der Waals surface area contributed by atoms with Crippen LogP contribution in [0.1, 0.15) is 12.0 Å². The molecule has 0 fully saturated rings. The third-order valence-corrected chi connectivity index (χ3v) is 3.80. The number of amides is 1. The van der Waals surface area contributed by atoms with Crippen molar-refractivity contribution in [1.82, 2.24) is 5.32 Å². The Morgan fingerprint density at radius 3 is 2.48 bits per heavy atom. The summed E-state index contributed by atoms with van der Waals surface area (Å²) in [6.07, 6.45) is 1.00. The Balaban J connectivity index is 1.66. The maximum absolute atomic E-state index is 12.8. The molecule has 2 aromatic rings. The SMILES string of the molecule is O=C(CCNc1ccc(Cl)cc1Cl)NCCc1ccc(F)cc1. The lowest BCUT2D eigenvalue weighted by atomic mass is 10.1. The van der Waals surface area contributed by atoms with Crippen LogP contribution in [0.4, 0.5) is 10.1 Å². The first-order valence-electron chi connectivity index (χ1n) is 7.24. The van der Waals surface area contributed by atoms with Crippen molar-refractivity contribution in [2.75, 3.05) is 18.4 Å². The minimum absolute atomic E-state index is 0.0512. The van der Waals surface area contributed by atoms with Gasteiger partial charge in [0.05, 0.1) is 10.7 Å². The first-order chi connectivity index (χ1) is 11.0. The van der Waals surface area contributed by atoms with Crippen LogP contribution in [0.3, 0.4) is 0 Å².